The summed E-state index contributed by atoms with van der Waals surface area (Å²) in [5.74, 6) is 0.838. The highest BCUT2D eigenvalue weighted by molar-refractivity contribution is 4.84. The lowest BCUT2D eigenvalue weighted by atomic mass is 9.85. The average Bonchev–Trinajstić information content (AvgIpc) is 2.37. The van der Waals surface area contributed by atoms with Crippen LogP contribution in [0.5, 0.6) is 0 Å². The van der Waals surface area contributed by atoms with Gasteiger partial charge in [0.1, 0.15) is 0 Å². The summed E-state index contributed by atoms with van der Waals surface area (Å²) in [6.07, 6.45) is 10.8. The van der Waals surface area contributed by atoms with Gasteiger partial charge in [-0.1, -0.05) is 40.0 Å². The molecule has 0 bridgehead atoms. The van der Waals surface area contributed by atoms with Crippen molar-refractivity contribution in [2.75, 3.05) is 13.2 Å². The zero-order valence-corrected chi connectivity index (χ0v) is 12.7. The molecular weight excluding hydrogens is 222 g/mol. The normalized spacial score (nSPS) is 28.5. The lowest BCUT2D eigenvalue weighted by Crippen LogP contribution is -2.45. The second-order valence-electron chi connectivity index (χ2n) is 5.95. The van der Waals surface area contributed by atoms with E-state index in [1.54, 1.807) is 0 Å². The predicted octanol–water partition coefficient (Wildman–Crippen LogP) is 4.14. The third kappa shape index (κ3) is 6.19. The van der Waals surface area contributed by atoms with Crippen LogP contribution in [-0.2, 0) is 4.74 Å². The predicted molar refractivity (Wildman–Crippen MR) is 79.0 cm³/mol. The summed E-state index contributed by atoms with van der Waals surface area (Å²) in [6.45, 7) is 8.95. The molecule has 1 fully saturated rings. The van der Waals surface area contributed by atoms with Gasteiger partial charge in [-0.15, -0.1) is 0 Å². The van der Waals surface area contributed by atoms with Crippen molar-refractivity contribution in [2.45, 2.75) is 84.3 Å². The Bertz CT molecular complexity index is 194. The molecule has 1 rings (SSSR count). The lowest BCUT2D eigenvalue weighted by molar-refractivity contribution is -0.00899. The van der Waals surface area contributed by atoms with Crippen LogP contribution in [0.2, 0.25) is 0 Å². The van der Waals surface area contributed by atoms with Gasteiger partial charge in [-0.05, 0) is 44.6 Å². The van der Waals surface area contributed by atoms with Gasteiger partial charge in [-0.25, -0.2) is 0 Å². The summed E-state index contributed by atoms with van der Waals surface area (Å²) in [5, 5.41) is 3.67. The molecule has 0 amide bonds. The van der Waals surface area contributed by atoms with Gasteiger partial charge in [0.25, 0.3) is 0 Å². The molecule has 0 aromatic rings. The van der Waals surface area contributed by atoms with Crippen molar-refractivity contribution in [3.05, 3.63) is 0 Å². The van der Waals surface area contributed by atoms with Gasteiger partial charge in [0.15, 0.2) is 0 Å². The standard InChI is InChI=1S/C16H33NO/c1-4-6-7-8-12-18-16-13-14(3)9-10-15(16)17-11-5-2/h14-17H,4-13H2,1-3H3. The van der Waals surface area contributed by atoms with E-state index in [1.807, 2.05) is 0 Å². The first kappa shape index (κ1) is 16.0. The Hall–Kier alpha value is -0.0800. The minimum Gasteiger partial charge on any atom is -0.377 e. The molecule has 0 aromatic heterocycles. The van der Waals surface area contributed by atoms with Crippen molar-refractivity contribution in [2.24, 2.45) is 5.92 Å². The van der Waals surface area contributed by atoms with Crippen molar-refractivity contribution < 1.29 is 4.74 Å². The Kier molecular flexibility index (Phi) is 8.70. The molecule has 0 saturated heterocycles. The van der Waals surface area contributed by atoms with Crippen LogP contribution < -0.4 is 5.32 Å². The van der Waals surface area contributed by atoms with Gasteiger partial charge in [0.05, 0.1) is 6.10 Å². The van der Waals surface area contributed by atoms with E-state index in [4.69, 9.17) is 4.74 Å². The summed E-state index contributed by atoms with van der Waals surface area (Å²) in [6, 6.07) is 0.604. The molecule has 0 heterocycles. The lowest BCUT2D eigenvalue weighted by Gasteiger charge is -2.35. The fraction of sp³-hybridized carbons (Fsp3) is 1.00. The minimum atomic E-state index is 0.460. The van der Waals surface area contributed by atoms with Gasteiger partial charge in [0.2, 0.25) is 0 Å². The smallest absolute Gasteiger partial charge is 0.0730 e. The maximum absolute atomic E-state index is 6.15. The second kappa shape index (κ2) is 9.80. The Morgan fingerprint density at radius 3 is 2.61 bits per heavy atom. The van der Waals surface area contributed by atoms with Gasteiger partial charge in [-0.3, -0.25) is 0 Å². The quantitative estimate of drug-likeness (QED) is 0.625. The number of nitrogens with one attached hydrogen (secondary N) is 1. The van der Waals surface area contributed by atoms with Crippen molar-refractivity contribution in [3.63, 3.8) is 0 Å². The Morgan fingerprint density at radius 2 is 1.89 bits per heavy atom. The molecule has 18 heavy (non-hydrogen) atoms. The van der Waals surface area contributed by atoms with Gasteiger partial charge < -0.3 is 10.1 Å². The molecule has 108 valence electrons. The highest BCUT2D eigenvalue weighted by atomic mass is 16.5. The summed E-state index contributed by atoms with van der Waals surface area (Å²) in [5.41, 5.74) is 0. The van der Waals surface area contributed by atoms with Crippen LogP contribution in [0.3, 0.4) is 0 Å². The van der Waals surface area contributed by atoms with Crippen LogP contribution in [0.25, 0.3) is 0 Å². The molecule has 2 nitrogen and oxygen atoms in total. The first-order valence-electron chi connectivity index (χ1n) is 8.12. The van der Waals surface area contributed by atoms with Crippen LogP contribution in [-0.4, -0.2) is 25.3 Å². The highest BCUT2D eigenvalue weighted by Crippen LogP contribution is 2.26. The zero-order valence-electron chi connectivity index (χ0n) is 12.7. The summed E-state index contributed by atoms with van der Waals surface area (Å²) >= 11 is 0. The number of unbranched alkanes of at least 4 members (excludes halogenated alkanes) is 3. The third-order valence-electron chi connectivity index (χ3n) is 4.04. The molecule has 1 aliphatic rings. The van der Waals surface area contributed by atoms with Crippen LogP contribution in [0.15, 0.2) is 0 Å². The molecule has 1 N–H and O–H groups in total. The van der Waals surface area contributed by atoms with E-state index in [0.717, 1.165) is 19.1 Å². The molecule has 0 radical (unpaired) electrons. The summed E-state index contributed by atoms with van der Waals surface area (Å²) in [7, 11) is 0. The fourth-order valence-electron chi connectivity index (χ4n) is 2.84. The molecule has 1 saturated carbocycles. The monoisotopic (exact) mass is 255 g/mol. The summed E-state index contributed by atoms with van der Waals surface area (Å²) < 4.78 is 6.15. The molecule has 1 aliphatic carbocycles. The number of hydrogen-bond donors (Lipinski definition) is 1. The van der Waals surface area contributed by atoms with Crippen molar-refractivity contribution in [1.82, 2.24) is 5.32 Å². The van der Waals surface area contributed by atoms with E-state index < -0.39 is 0 Å². The minimum absolute atomic E-state index is 0.460. The van der Waals surface area contributed by atoms with Gasteiger partial charge >= 0.3 is 0 Å². The molecule has 0 aromatic carbocycles. The first-order chi connectivity index (χ1) is 8.77. The maximum atomic E-state index is 6.15. The van der Waals surface area contributed by atoms with Crippen LogP contribution >= 0.6 is 0 Å². The fourth-order valence-corrected chi connectivity index (χ4v) is 2.84. The van der Waals surface area contributed by atoms with Crippen molar-refractivity contribution in [3.8, 4) is 0 Å². The van der Waals surface area contributed by atoms with E-state index in [9.17, 15) is 0 Å². The molecule has 0 aliphatic heterocycles. The van der Waals surface area contributed by atoms with Crippen LogP contribution in [0.4, 0.5) is 0 Å². The Balaban J connectivity index is 2.23. The molecule has 2 heteroatoms. The van der Waals surface area contributed by atoms with E-state index in [-0.39, 0.29) is 0 Å². The highest BCUT2D eigenvalue weighted by Gasteiger charge is 2.28. The second-order valence-corrected chi connectivity index (χ2v) is 5.95. The largest absolute Gasteiger partial charge is 0.377 e. The number of hydrogen-bond acceptors (Lipinski definition) is 2. The van der Waals surface area contributed by atoms with Crippen LogP contribution in [0.1, 0.15) is 72.1 Å². The molecular formula is C16H33NO. The molecule has 3 atom stereocenters. The van der Waals surface area contributed by atoms with Gasteiger partial charge in [-0.2, -0.15) is 0 Å². The Labute approximate surface area is 114 Å². The zero-order chi connectivity index (χ0) is 13.2. The summed E-state index contributed by atoms with van der Waals surface area (Å²) in [4.78, 5) is 0. The average molecular weight is 255 g/mol. The maximum Gasteiger partial charge on any atom is 0.0730 e. The molecule has 3 unspecified atom stereocenters. The molecule has 0 spiro atoms. The van der Waals surface area contributed by atoms with Crippen LogP contribution in [0, 0.1) is 5.92 Å². The first-order valence-corrected chi connectivity index (χ1v) is 8.12. The van der Waals surface area contributed by atoms with E-state index >= 15 is 0 Å². The van der Waals surface area contributed by atoms with E-state index in [1.165, 1.54) is 51.4 Å². The van der Waals surface area contributed by atoms with Crippen molar-refractivity contribution in [1.29, 1.82) is 0 Å². The van der Waals surface area contributed by atoms with E-state index in [2.05, 4.69) is 26.1 Å². The topological polar surface area (TPSA) is 21.3 Å². The Morgan fingerprint density at radius 1 is 1.06 bits per heavy atom. The SMILES string of the molecule is CCCCCCOC1CC(C)CCC1NCCC. The van der Waals surface area contributed by atoms with Crippen molar-refractivity contribution >= 4 is 0 Å². The number of ether oxygens (including phenoxy) is 1. The third-order valence-corrected chi connectivity index (χ3v) is 4.04. The number of rotatable bonds is 9. The van der Waals surface area contributed by atoms with Gasteiger partial charge in [0, 0.05) is 12.6 Å². The van der Waals surface area contributed by atoms with E-state index in [0.29, 0.717) is 12.1 Å².